The fourth-order valence-corrected chi connectivity index (χ4v) is 1.79. The predicted molar refractivity (Wildman–Crippen MR) is 80.4 cm³/mol. The maximum atomic E-state index is 5.28. The Hall–Kier alpha value is -2.49. The molecule has 0 heterocycles. The van der Waals surface area contributed by atoms with E-state index in [1.807, 2.05) is 48.5 Å². The van der Waals surface area contributed by atoms with Gasteiger partial charge in [-0.3, -0.25) is 0 Å². The second kappa shape index (κ2) is 7.19. The number of nitrogens with one attached hydrogen (secondary N) is 1. The number of hydrazone groups is 1. The molecule has 2 aromatic carbocycles. The SMILES string of the molecule is COc1ccc(/C=N\NCc2ccccc2OC)cc1. The van der Waals surface area contributed by atoms with Gasteiger partial charge in [-0.05, 0) is 35.9 Å². The molecule has 0 fully saturated rings. The van der Waals surface area contributed by atoms with Crippen molar-refractivity contribution in [3.8, 4) is 11.5 Å². The van der Waals surface area contributed by atoms with E-state index in [-0.39, 0.29) is 0 Å². The molecule has 0 saturated heterocycles. The van der Waals surface area contributed by atoms with Crippen LogP contribution in [0.15, 0.2) is 53.6 Å². The topological polar surface area (TPSA) is 42.8 Å². The molecule has 0 radical (unpaired) electrons. The Labute approximate surface area is 119 Å². The monoisotopic (exact) mass is 270 g/mol. The van der Waals surface area contributed by atoms with Gasteiger partial charge in [0.2, 0.25) is 0 Å². The summed E-state index contributed by atoms with van der Waals surface area (Å²) in [6, 6.07) is 15.6. The van der Waals surface area contributed by atoms with Crippen molar-refractivity contribution in [1.29, 1.82) is 0 Å². The predicted octanol–water partition coefficient (Wildman–Crippen LogP) is 2.83. The molecule has 2 rings (SSSR count). The van der Waals surface area contributed by atoms with Crippen LogP contribution in [0.3, 0.4) is 0 Å². The quantitative estimate of drug-likeness (QED) is 0.648. The minimum absolute atomic E-state index is 0.622. The average Bonchev–Trinajstić information content (AvgIpc) is 2.52. The van der Waals surface area contributed by atoms with Crippen molar-refractivity contribution >= 4 is 6.21 Å². The third-order valence-corrected chi connectivity index (χ3v) is 2.88. The van der Waals surface area contributed by atoms with Crippen molar-refractivity contribution in [3.05, 3.63) is 59.7 Å². The summed E-state index contributed by atoms with van der Waals surface area (Å²) in [5, 5.41) is 4.20. The Morgan fingerprint density at radius 2 is 1.75 bits per heavy atom. The van der Waals surface area contributed by atoms with Crippen LogP contribution in [0.4, 0.5) is 0 Å². The Morgan fingerprint density at radius 1 is 1.00 bits per heavy atom. The van der Waals surface area contributed by atoms with Crippen LogP contribution >= 0.6 is 0 Å². The normalized spacial score (nSPS) is 10.5. The summed E-state index contributed by atoms with van der Waals surface area (Å²) in [5.74, 6) is 1.70. The molecule has 2 aromatic rings. The van der Waals surface area contributed by atoms with Gasteiger partial charge in [-0.2, -0.15) is 5.10 Å². The van der Waals surface area contributed by atoms with Crippen LogP contribution in [0, 0.1) is 0 Å². The van der Waals surface area contributed by atoms with E-state index in [1.54, 1.807) is 20.4 Å². The summed E-state index contributed by atoms with van der Waals surface area (Å²) in [4.78, 5) is 0. The highest BCUT2D eigenvalue weighted by Crippen LogP contribution is 2.16. The first-order chi connectivity index (χ1) is 9.83. The van der Waals surface area contributed by atoms with Gasteiger partial charge in [-0.15, -0.1) is 0 Å². The highest BCUT2D eigenvalue weighted by molar-refractivity contribution is 5.79. The van der Waals surface area contributed by atoms with Crippen molar-refractivity contribution in [2.24, 2.45) is 5.10 Å². The lowest BCUT2D eigenvalue weighted by Gasteiger charge is -2.07. The molecule has 0 atom stereocenters. The maximum Gasteiger partial charge on any atom is 0.123 e. The zero-order valence-electron chi connectivity index (χ0n) is 11.7. The lowest BCUT2D eigenvalue weighted by atomic mass is 10.2. The largest absolute Gasteiger partial charge is 0.497 e. The Morgan fingerprint density at radius 3 is 2.45 bits per heavy atom. The highest BCUT2D eigenvalue weighted by atomic mass is 16.5. The minimum atomic E-state index is 0.622. The summed E-state index contributed by atoms with van der Waals surface area (Å²) >= 11 is 0. The summed E-state index contributed by atoms with van der Waals surface area (Å²) in [6.07, 6.45) is 1.77. The minimum Gasteiger partial charge on any atom is -0.497 e. The van der Waals surface area contributed by atoms with Crippen LogP contribution in [0.1, 0.15) is 11.1 Å². The zero-order valence-corrected chi connectivity index (χ0v) is 11.7. The average molecular weight is 270 g/mol. The molecule has 1 N–H and O–H groups in total. The first kappa shape index (κ1) is 13.9. The van der Waals surface area contributed by atoms with Crippen LogP contribution in [0.25, 0.3) is 0 Å². The van der Waals surface area contributed by atoms with E-state index in [0.717, 1.165) is 22.6 Å². The molecule has 0 unspecified atom stereocenters. The fraction of sp³-hybridized carbons (Fsp3) is 0.188. The standard InChI is InChI=1S/C16H18N2O2/c1-19-15-9-7-13(8-10-15)11-17-18-12-14-5-3-4-6-16(14)20-2/h3-11,18H,12H2,1-2H3/b17-11-. The van der Waals surface area contributed by atoms with E-state index in [4.69, 9.17) is 9.47 Å². The van der Waals surface area contributed by atoms with Gasteiger partial charge in [0.1, 0.15) is 11.5 Å². The summed E-state index contributed by atoms with van der Waals surface area (Å²) < 4.78 is 10.4. The first-order valence-electron chi connectivity index (χ1n) is 6.35. The molecule has 0 spiro atoms. The molecule has 20 heavy (non-hydrogen) atoms. The van der Waals surface area contributed by atoms with Gasteiger partial charge in [0, 0.05) is 5.56 Å². The van der Waals surface area contributed by atoms with E-state index >= 15 is 0 Å². The number of nitrogens with zero attached hydrogens (tertiary/aromatic N) is 1. The van der Waals surface area contributed by atoms with Crippen molar-refractivity contribution in [2.75, 3.05) is 14.2 Å². The molecule has 4 nitrogen and oxygen atoms in total. The van der Waals surface area contributed by atoms with Gasteiger partial charge < -0.3 is 14.9 Å². The third kappa shape index (κ3) is 3.75. The first-order valence-corrected chi connectivity index (χ1v) is 6.35. The summed E-state index contributed by atoms with van der Waals surface area (Å²) in [7, 11) is 3.32. The molecule has 0 aliphatic rings. The second-order valence-electron chi connectivity index (χ2n) is 4.18. The second-order valence-corrected chi connectivity index (χ2v) is 4.18. The van der Waals surface area contributed by atoms with Crippen LogP contribution in [0.2, 0.25) is 0 Å². The molecular weight excluding hydrogens is 252 g/mol. The van der Waals surface area contributed by atoms with Gasteiger partial charge in [-0.1, -0.05) is 18.2 Å². The van der Waals surface area contributed by atoms with Crippen molar-refractivity contribution < 1.29 is 9.47 Å². The molecule has 0 aromatic heterocycles. The molecule has 0 aliphatic heterocycles. The molecular formula is C16H18N2O2. The van der Waals surface area contributed by atoms with Gasteiger partial charge in [0.05, 0.1) is 27.0 Å². The van der Waals surface area contributed by atoms with Crippen LogP contribution in [-0.2, 0) is 6.54 Å². The van der Waals surface area contributed by atoms with Crippen molar-refractivity contribution in [1.82, 2.24) is 5.43 Å². The van der Waals surface area contributed by atoms with Gasteiger partial charge in [0.15, 0.2) is 0 Å². The van der Waals surface area contributed by atoms with E-state index in [1.165, 1.54) is 0 Å². The summed E-state index contributed by atoms with van der Waals surface area (Å²) in [6.45, 7) is 0.622. The molecule has 0 bridgehead atoms. The van der Waals surface area contributed by atoms with Crippen LogP contribution < -0.4 is 14.9 Å². The molecule has 0 saturated carbocycles. The smallest absolute Gasteiger partial charge is 0.123 e. The van der Waals surface area contributed by atoms with Crippen LogP contribution in [-0.4, -0.2) is 20.4 Å². The third-order valence-electron chi connectivity index (χ3n) is 2.88. The maximum absolute atomic E-state index is 5.28. The lowest BCUT2D eigenvalue weighted by Crippen LogP contribution is -2.06. The number of methoxy groups -OCH3 is 2. The Kier molecular flexibility index (Phi) is 5.00. The van der Waals surface area contributed by atoms with E-state index in [9.17, 15) is 0 Å². The number of benzene rings is 2. The van der Waals surface area contributed by atoms with Gasteiger partial charge >= 0.3 is 0 Å². The van der Waals surface area contributed by atoms with Crippen LogP contribution in [0.5, 0.6) is 11.5 Å². The summed E-state index contributed by atoms with van der Waals surface area (Å²) in [5.41, 5.74) is 5.10. The fourth-order valence-electron chi connectivity index (χ4n) is 1.79. The van der Waals surface area contributed by atoms with E-state index in [2.05, 4.69) is 10.5 Å². The highest BCUT2D eigenvalue weighted by Gasteiger charge is 1.99. The van der Waals surface area contributed by atoms with E-state index in [0.29, 0.717) is 6.54 Å². The number of hydrogen-bond donors (Lipinski definition) is 1. The Balaban J connectivity index is 1.90. The number of rotatable bonds is 6. The Bertz CT molecular complexity index is 565. The van der Waals surface area contributed by atoms with Crippen molar-refractivity contribution in [3.63, 3.8) is 0 Å². The molecule has 0 aliphatic carbocycles. The molecule has 104 valence electrons. The lowest BCUT2D eigenvalue weighted by molar-refractivity contribution is 0.408. The number of hydrogen-bond acceptors (Lipinski definition) is 4. The molecule has 0 amide bonds. The van der Waals surface area contributed by atoms with Crippen molar-refractivity contribution in [2.45, 2.75) is 6.54 Å². The zero-order chi connectivity index (χ0) is 14.2. The van der Waals surface area contributed by atoms with Gasteiger partial charge in [-0.25, -0.2) is 0 Å². The number of ether oxygens (including phenoxy) is 2. The van der Waals surface area contributed by atoms with E-state index < -0.39 is 0 Å². The van der Waals surface area contributed by atoms with Gasteiger partial charge in [0.25, 0.3) is 0 Å². The molecule has 4 heteroatoms. The number of para-hydroxylation sites is 1.